The van der Waals surface area contributed by atoms with E-state index in [-0.39, 0.29) is 33.2 Å². The summed E-state index contributed by atoms with van der Waals surface area (Å²) in [6.07, 6.45) is 0.759. The Morgan fingerprint density at radius 1 is 0.972 bits per heavy atom. The topological polar surface area (TPSA) is 79.5 Å². The highest BCUT2D eigenvalue weighted by molar-refractivity contribution is 6.33. The number of carbonyl (C=O) groups is 1. The number of phenols is 1. The molecule has 3 aromatic rings. The van der Waals surface area contributed by atoms with Crippen molar-refractivity contribution in [2.45, 2.75) is 19.4 Å². The Hall–Kier alpha value is -3.80. The van der Waals surface area contributed by atoms with Gasteiger partial charge < -0.3 is 14.8 Å². The predicted octanol–water partition coefficient (Wildman–Crippen LogP) is 7.46. The summed E-state index contributed by atoms with van der Waals surface area (Å²) in [5.74, 6) is 0.0107. The van der Waals surface area contributed by atoms with E-state index in [2.05, 4.69) is 5.32 Å². The summed E-state index contributed by atoms with van der Waals surface area (Å²) < 4.78 is 5.90. The van der Waals surface area contributed by atoms with E-state index >= 15 is 0 Å². The first kappa shape index (κ1) is 23.9. The summed E-state index contributed by atoms with van der Waals surface area (Å²) in [6, 6.07) is 22.8. The van der Waals surface area contributed by atoms with Crippen LogP contribution in [0.4, 0.5) is 0 Å². The van der Waals surface area contributed by atoms with E-state index in [4.69, 9.17) is 27.6 Å². The maximum absolute atomic E-state index is 13.0. The van der Waals surface area contributed by atoms with E-state index in [0.29, 0.717) is 27.9 Å². The van der Waals surface area contributed by atoms with E-state index in [1.165, 1.54) is 12.1 Å². The molecule has 0 radical (unpaired) electrons. The van der Waals surface area contributed by atoms with Crippen molar-refractivity contribution < 1.29 is 14.3 Å². The first-order valence-corrected chi connectivity index (χ1v) is 12.2. The lowest BCUT2D eigenvalue weighted by Gasteiger charge is -2.18. The summed E-state index contributed by atoms with van der Waals surface area (Å²) in [5, 5.41) is 14.0. The van der Waals surface area contributed by atoms with Crippen molar-refractivity contribution in [2.75, 3.05) is 0 Å². The molecule has 7 heteroatoms. The predicted molar refractivity (Wildman–Crippen MR) is 143 cm³/mol. The number of fused-ring (bicyclic) bond motifs is 2. The van der Waals surface area contributed by atoms with E-state index in [1.54, 1.807) is 24.3 Å². The van der Waals surface area contributed by atoms with Crippen molar-refractivity contribution in [3.8, 4) is 28.2 Å². The molecular formula is C29H21Cl2NO4. The lowest BCUT2D eigenvalue weighted by atomic mass is 9.93. The third kappa shape index (κ3) is 4.43. The minimum Gasteiger partial charge on any atom is -0.506 e. The molecule has 5 nitrogen and oxygen atoms in total. The monoisotopic (exact) mass is 517 g/mol. The Morgan fingerprint density at radius 3 is 2.39 bits per heavy atom. The van der Waals surface area contributed by atoms with Gasteiger partial charge >= 0.3 is 0 Å². The van der Waals surface area contributed by atoms with Crippen molar-refractivity contribution in [3.05, 3.63) is 110 Å². The molecule has 1 unspecified atom stereocenters. The molecule has 1 aliphatic carbocycles. The fraction of sp³-hybridized carbons (Fsp3) is 0.103. The Morgan fingerprint density at radius 2 is 1.69 bits per heavy atom. The Labute approximate surface area is 217 Å². The largest absolute Gasteiger partial charge is 0.506 e. The second-order valence-corrected chi connectivity index (χ2v) is 9.29. The Kier molecular flexibility index (Phi) is 6.44. The SMILES string of the molecule is CCC(NC(=O)c1ccc(-c2c3cc(Cl)c(=O)cc-3oc3cc(O)c(Cl)cc23)cc1)c1ccccc1. The number of benzene rings is 4. The molecular weight excluding hydrogens is 497 g/mol. The van der Waals surface area contributed by atoms with Crippen LogP contribution >= 0.6 is 23.2 Å². The van der Waals surface area contributed by atoms with Gasteiger partial charge in [-0.1, -0.05) is 72.6 Å². The lowest BCUT2D eigenvalue weighted by Crippen LogP contribution is -2.28. The van der Waals surface area contributed by atoms with Gasteiger partial charge in [-0.15, -0.1) is 0 Å². The molecule has 1 atom stereocenters. The first-order chi connectivity index (χ1) is 17.4. The van der Waals surface area contributed by atoms with Crippen LogP contribution in [-0.4, -0.2) is 11.0 Å². The van der Waals surface area contributed by atoms with Gasteiger partial charge in [0, 0.05) is 34.2 Å². The minimum atomic E-state index is -0.368. The van der Waals surface area contributed by atoms with Crippen molar-refractivity contribution in [1.29, 1.82) is 0 Å². The third-order valence-electron chi connectivity index (χ3n) is 6.19. The van der Waals surface area contributed by atoms with Crippen LogP contribution in [0.25, 0.3) is 33.4 Å². The molecule has 0 aromatic heterocycles. The zero-order chi connectivity index (χ0) is 25.4. The molecule has 0 spiro atoms. The molecule has 0 saturated heterocycles. The number of aromatic hydroxyl groups is 1. The zero-order valence-corrected chi connectivity index (χ0v) is 20.7. The van der Waals surface area contributed by atoms with Gasteiger partial charge in [0.25, 0.3) is 5.91 Å². The molecule has 0 bridgehead atoms. The van der Waals surface area contributed by atoms with Crippen LogP contribution in [0.1, 0.15) is 35.3 Å². The van der Waals surface area contributed by atoms with Crippen molar-refractivity contribution in [2.24, 2.45) is 0 Å². The van der Waals surface area contributed by atoms with Gasteiger partial charge in [-0.3, -0.25) is 9.59 Å². The second-order valence-electron chi connectivity index (χ2n) is 8.48. The molecule has 0 saturated carbocycles. The maximum atomic E-state index is 13.0. The summed E-state index contributed by atoms with van der Waals surface area (Å²) in [6.45, 7) is 2.03. The van der Waals surface area contributed by atoms with Gasteiger partial charge in [-0.25, -0.2) is 0 Å². The molecule has 2 aliphatic rings. The van der Waals surface area contributed by atoms with Crippen LogP contribution in [0.5, 0.6) is 5.75 Å². The number of phenolic OH excluding ortho intramolecular Hbond substituents is 1. The molecule has 1 heterocycles. The first-order valence-electron chi connectivity index (χ1n) is 11.4. The summed E-state index contributed by atoms with van der Waals surface area (Å²) in [7, 11) is 0. The number of amides is 1. The van der Waals surface area contributed by atoms with Crippen molar-refractivity contribution >= 4 is 40.1 Å². The minimum absolute atomic E-state index is 0.0608. The van der Waals surface area contributed by atoms with Crippen LogP contribution < -0.4 is 10.7 Å². The normalized spacial score (nSPS) is 12.1. The second kappa shape index (κ2) is 9.69. The zero-order valence-electron chi connectivity index (χ0n) is 19.2. The number of rotatable bonds is 5. The van der Waals surface area contributed by atoms with Gasteiger partial charge in [-0.05, 0) is 41.8 Å². The van der Waals surface area contributed by atoms with Gasteiger partial charge in [0.2, 0.25) is 5.43 Å². The molecule has 2 N–H and O–H groups in total. The fourth-order valence-corrected chi connectivity index (χ4v) is 4.68. The smallest absolute Gasteiger partial charge is 0.251 e. The number of carbonyl (C=O) groups excluding carboxylic acids is 1. The molecule has 36 heavy (non-hydrogen) atoms. The molecule has 3 aromatic carbocycles. The van der Waals surface area contributed by atoms with E-state index in [1.807, 2.05) is 49.4 Å². The summed E-state index contributed by atoms with van der Waals surface area (Å²) in [5.41, 5.74) is 3.65. The molecule has 1 amide bonds. The van der Waals surface area contributed by atoms with Crippen LogP contribution in [0.15, 0.2) is 88.1 Å². The average Bonchev–Trinajstić information content (AvgIpc) is 2.88. The summed E-state index contributed by atoms with van der Waals surface area (Å²) in [4.78, 5) is 25.2. The van der Waals surface area contributed by atoms with Gasteiger partial charge in [0.1, 0.15) is 17.1 Å². The highest BCUT2D eigenvalue weighted by Crippen LogP contribution is 2.43. The fourth-order valence-electron chi connectivity index (χ4n) is 4.35. The quantitative estimate of drug-likeness (QED) is 0.237. The van der Waals surface area contributed by atoms with Crippen molar-refractivity contribution in [1.82, 2.24) is 5.32 Å². The van der Waals surface area contributed by atoms with Crippen molar-refractivity contribution in [3.63, 3.8) is 0 Å². The van der Waals surface area contributed by atoms with Crippen LogP contribution in [0, 0.1) is 0 Å². The van der Waals surface area contributed by atoms with E-state index < -0.39 is 0 Å². The van der Waals surface area contributed by atoms with Gasteiger partial charge in [0.15, 0.2) is 0 Å². The maximum Gasteiger partial charge on any atom is 0.251 e. The van der Waals surface area contributed by atoms with Gasteiger partial charge in [-0.2, -0.15) is 0 Å². The van der Waals surface area contributed by atoms with Gasteiger partial charge in [0.05, 0.1) is 16.1 Å². The standard InChI is InChI=1S/C29H21Cl2NO4/c1-2-23(16-6-4-3-5-7-16)32-29(35)18-10-8-17(9-11-18)28-19-12-21(30)24(33)14-26(19)36-27-15-25(34)22(31)13-20(27)28/h3-15,23,33H,2H2,1H3,(H,32,35). The van der Waals surface area contributed by atoms with Crippen LogP contribution in [0.2, 0.25) is 10.0 Å². The lowest BCUT2D eigenvalue weighted by molar-refractivity contribution is 0.0935. The number of halogens is 2. The number of hydrogen-bond donors (Lipinski definition) is 2. The number of hydrogen-bond acceptors (Lipinski definition) is 4. The average molecular weight is 518 g/mol. The van der Waals surface area contributed by atoms with E-state index in [0.717, 1.165) is 23.1 Å². The number of nitrogens with one attached hydrogen (secondary N) is 1. The Balaban J connectivity index is 1.57. The third-order valence-corrected chi connectivity index (χ3v) is 6.79. The molecule has 180 valence electrons. The van der Waals surface area contributed by atoms with E-state index in [9.17, 15) is 14.7 Å². The Bertz CT molecular complexity index is 1610. The molecule has 0 fully saturated rings. The highest BCUT2D eigenvalue weighted by Gasteiger charge is 2.21. The van der Waals surface area contributed by atoms with Crippen LogP contribution in [0.3, 0.4) is 0 Å². The molecule has 1 aliphatic heterocycles. The summed E-state index contributed by atoms with van der Waals surface area (Å²) >= 11 is 12.4. The highest BCUT2D eigenvalue weighted by atomic mass is 35.5. The molecule has 5 rings (SSSR count). The van der Waals surface area contributed by atoms with Crippen LogP contribution in [-0.2, 0) is 0 Å².